The predicted octanol–water partition coefficient (Wildman–Crippen LogP) is 4.72. The third-order valence-electron chi connectivity index (χ3n) is 4.28. The lowest BCUT2D eigenvalue weighted by Crippen LogP contribution is -2.32. The van der Waals surface area contributed by atoms with E-state index in [1.54, 1.807) is 0 Å². The van der Waals surface area contributed by atoms with Gasteiger partial charge in [0, 0.05) is 5.69 Å². The highest BCUT2D eigenvalue weighted by Crippen LogP contribution is 2.21. The maximum atomic E-state index is 12.5. The van der Waals surface area contributed by atoms with E-state index in [1.807, 2.05) is 64.1 Å². The molecule has 3 heteroatoms. The largest absolute Gasteiger partial charge is 0.481 e. The number of anilines is 1. The maximum absolute atomic E-state index is 12.5. The summed E-state index contributed by atoms with van der Waals surface area (Å²) in [5.41, 5.74) is 5.46. The fraction of sp³-hybridized carbons (Fsp3) is 0.350. The van der Waals surface area contributed by atoms with Crippen molar-refractivity contribution in [2.75, 3.05) is 5.32 Å². The van der Waals surface area contributed by atoms with Gasteiger partial charge in [-0.25, -0.2) is 0 Å². The Hall–Kier alpha value is -2.29. The lowest BCUT2D eigenvalue weighted by Gasteiger charge is -2.19. The van der Waals surface area contributed by atoms with Crippen molar-refractivity contribution in [1.29, 1.82) is 0 Å². The molecule has 0 heterocycles. The molecule has 0 aliphatic carbocycles. The van der Waals surface area contributed by atoms with Crippen molar-refractivity contribution < 1.29 is 9.53 Å². The molecule has 0 radical (unpaired) electrons. The van der Waals surface area contributed by atoms with Gasteiger partial charge >= 0.3 is 0 Å². The van der Waals surface area contributed by atoms with Crippen molar-refractivity contribution in [1.82, 2.24) is 0 Å². The molecule has 0 aliphatic rings. The van der Waals surface area contributed by atoms with Gasteiger partial charge in [-0.2, -0.15) is 0 Å². The van der Waals surface area contributed by atoms with Gasteiger partial charge in [-0.1, -0.05) is 25.1 Å². The van der Waals surface area contributed by atoms with Crippen LogP contribution in [0.3, 0.4) is 0 Å². The fourth-order valence-corrected chi connectivity index (χ4v) is 2.37. The van der Waals surface area contributed by atoms with Crippen molar-refractivity contribution in [3.05, 3.63) is 58.7 Å². The van der Waals surface area contributed by atoms with Crippen LogP contribution >= 0.6 is 0 Å². The third-order valence-corrected chi connectivity index (χ3v) is 4.28. The number of hydrogen-bond acceptors (Lipinski definition) is 2. The molecule has 0 spiro atoms. The molecule has 2 aromatic carbocycles. The highest BCUT2D eigenvalue weighted by atomic mass is 16.5. The lowest BCUT2D eigenvalue weighted by atomic mass is 10.1. The van der Waals surface area contributed by atoms with E-state index < -0.39 is 6.10 Å². The average molecular weight is 311 g/mol. The molecule has 0 fully saturated rings. The number of nitrogens with one attached hydrogen (secondary N) is 1. The van der Waals surface area contributed by atoms with Gasteiger partial charge < -0.3 is 10.1 Å². The first-order chi connectivity index (χ1) is 10.9. The first-order valence-electron chi connectivity index (χ1n) is 8.03. The Morgan fingerprint density at radius 1 is 1.04 bits per heavy atom. The van der Waals surface area contributed by atoms with Crippen molar-refractivity contribution in [2.24, 2.45) is 0 Å². The molecular formula is C20H25NO2. The summed E-state index contributed by atoms with van der Waals surface area (Å²) < 4.78 is 5.89. The lowest BCUT2D eigenvalue weighted by molar-refractivity contribution is -0.122. The minimum Gasteiger partial charge on any atom is -0.481 e. The van der Waals surface area contributed by atoms with Crippen LogP contribution in [0.4, 0.5) is 5.69 Å². The minimum atomic E-state index is -0.503. The van der Waals surface area contributed by atoms with Gasteiger partial charge in [0.2, 0.25) is 0 Å². The molecule has 0 aromatic heterocycles. The smallest absolute Gasteiger partial charge is 0.265 e. The van der Waals surface area contributed by atoms with E-state index in [4.69, 9.17) is 4.74 Å². The molecular weight excluding hydrogens is 286 g/mol. The van der Waals surface area contributed by atoms with E-state index in [1.165, 1.54) is 5.56 Å². The van der Waals surface area contributed by atoms with Gasteiger partial charge in [0.05, 0.1) is 0 Å². The summed E-state index contributed by atoms with van der Waals surface area (Å²) in [5.74, 6) is 0.621. The van der Waals surface area contributed by atoms with Gasteiger partial charge in [-0.05, 0) is 74.6 Å². The zero-order valence-electron chi connectivity index (χ0n) is 14.6. The number of ether oxygens (including phenoxy) is 1. The normalized spacial score (nSPS) is 11.9. The molecule has 2 aromatic rings. The van der Waals surface area contributed by atoms with Crippen molar-refractivity contribution in [3.63, 3.8) is 0 Å². The third kappa shape index (κ3) is 4.13. The molecule has 1 amide bonds. The van der Waals surface area contributed by atoms with Crippen LogP contribution in [0.25, 0.3) is 0 Å². The summed E-state index contributed by atoms with van der Waals surface area (Å²) in [6, 6.07) is 11.8. The topological polar surface area (TPSA) is 38.3 Å². The SMILES string of the molecule is CC[C@H](Oc1ccc(C)c(C)c1)C(=O)Nc1cccc(C)c1C. The number of rotatable bonds is 5. The molecule has 0 unspecified atom stereocenters. The second-order valence-electron chi connectivity index (χ2n) is 6.00. The van der Waals surface area contributed by atoms with Crippen LogP contribution in [0.5, 0.6) is 5.75 Å². The minimum absolute atomic E-state index is 0.112. The number of benzene rings is 2. The monoisotopic (exact) mass is 311 g/mol. The van der Waals surface area contributed by atoms with Crippen molar-refractivity contribution >= 4 is 11.6 Å². The Morgan fingerprint density at radius 2 is 1.78 bits per heavy atom. The summed E-state index contributed by atoms with van der Waals surface area (Å²) in [6.45, 7) is 10.1. The number of aryl methyl sites for hydroxylation is 3. The molecule has 0 saturated heterocycles. The van der Waals surface area contributed by atoms with Crippen LogP contribution in [0.15, 0.2) is 36.4 Å². The van der Waals surface area contributed by atoms with E-state index in [0.29, 0.717) is 6.42 Å². The molecule has 1 N–H and O–H groups in total. The standard InChI is InChI=1S/C20H25NO2/c1-6-19(23-17-11-10-13(2)15(4)12-17)20(22)21-18-9-7-8-14(3)16(18)5/h7-12,19H,6H2,1-5H3,(H,21,22)/t19-/m0/s1. The van der Waals surface area contributed by atoms with Crippen LogP contribution in [0, 0.1) is 27.7 Å². The van der Waals surface area contributed by atoms with Gasteiger partial charge in [0.1, 0.15) is 5.75 Å². The first-order valence-corrected chi connectivity index (χ1v) is 8.03. The van der Waals surface area contributed by atoms with Crippen LogP contribution in [-0.2, 0) is 4.79 Å². The summed E-state index contributed by atoms with van der Waals surface area (Å²) in [4.78, 5) is 12.5. The summed E-state index contributed by atoms with van der Waals surface area (Å²) in [7, 11) is 0. The highest BCUT2D eigenvalue weighted by molar-refractivity contribution is 5.95. The van der Waals surface area contributed by atoms with E-state index in [2.05, 4.69) is 12.2 Å². The van der Waals surface area contributed by atoms with Gasteiger partial charge in [0.25, 0.3) is 5.91 Å². The Morgan fingerprint density at radius 3 is 2.43 bits per heavy atom. The Bertz CT molecular complexity index is 707. The Balaban J connectivity index is 2.12. The zero-order chi connectivity index (χ0) is 17.0. The molecule has 3 nitrogen and oxygen atoms in total. The van der Waals surface area contributed by atoms with Crippen LogP contribution in [0.1, 0.15) is 35.6 Å². The molecule has 2 rings (SSSR count). The number of carbonyl (C=O) groups excluding carboxylic acids is 1. The molecule has 0 bridgehead atoms. The van der Waals surface area contributed by atoms with Gasteiger partial charge in [0.15, 0.2) is 6.10 Å². The van der Waals surface area contributed by atoms with Crippen LogP contribution in [-0.4, -0.2) is 12.0 Å². The van der Waals surface area contributed by atoms with Crippen molar-refractivity contribution in [3.8, 4) is 5.75 Å². The summed E-state index contributed by atoms with van der Waals surface area (Å²) >= 11 is 0. The zero-order valence-corrected chi connectivity index (χ0v) is 14.6. The second-order valence-corrected chi connectivity index (χ2v) is 6.00. The molecule has 23 heavy (non-hydrogen) atoms. The Kier molecular flexibility index (Phi) is 5.43. The van der Waals surface area contributed by atoms with Gasteiger partial charge in [-0.15, -0.1) is 0 Å². The summed E-state index contributed by atoms with van der Waals surface area (Å²) in [6.07, 6.45) is 0.112. The van der Waals surface area contributed by atoms with Crippen molar-refractivity contribution in [2.45, 2.75) is 47.1 Å². The van der Waals surface area contributed by atoms with E-state index in [0.717, 1.165) is 28.1 Å². The Labute approximate surface area is 138 Å². The first kappa shape index (κ1) is 17.1. The number of carbonyl (C=O) groups is 1. The fourth-order valence-electron chi connectivity index (χ4n) is 2.37. The van der Waals surface area contributed by atoms with Gasteiger partial charge in [-0.3, -0.25) is 4.79 Å². The molecule has 1 atom stereocenters. The van der Waals surface area contributed by atoms with E-state index >= 15 is 0 Å². The predicted molar refractivity (Wildman–Crippen MR) is 95.2 cm³/mol. The maximum Gasteiger partial charge on any atom is 0.265 e. The average Bonchev–Trinajstić information content (AvgIpc) is 2.52. The molecule has 0 saturated carbocycles. The van der Waals surface area contributed by atoms with E-state index in [-0.39, 0.29) is 5.91 Å². The number of hydrogen-bond donors (Lipinski definition) is 1. The second kappa shape index (κ2) is 7.32. The molecule has 0 aliphatic heterocycles. The van der Waals surface area contributed by atoms with Crippen LogP contribution in [0.2, 0.25) is 0 Å². The number of amides is 1. The molecule has 122 valence electrons. The summed E-state index contributed by atoms with van der Waals surface area (Å²) in [5, 5.41) is 2.98. The van der Waals surface area contributed by atoms with Crippen LogP contribution < -0.4 is 10.1 Å². The highest BCUT2D eigenvalue weighted by Gasteiger charge is 2.19. The van der Waals surface area contributed by atoms with E-state index in [9.17, 15) is 4.79 Å². The quantitative estimate of drug-likeness (QED) is 0.868.